The first-order valence-electron chi connectivity index (χ1n) is 8.73. The second-order valence-corrected chi connectivity index (χ2v) is 9.15. The van der Waals surface area contributed by atoms with E-state index < -0.39 is 5.60 Å². The average molecular weight is 489 g/mol. The summed E-state index contributed by atoms with van der Waals surface area (Å²) in [5.74, 6) is 0.815. The molecule has 1 aliphatic heterocycles. The maximum Gasteiger partial charge on any atom is 0.410 e. The van der Waals surface area contributed by atoms with Crippen LogP contribution in [0.3, 0.4) is 0 Å². The monoisotopic (exact) mass is 489 g/mol. The summed E-state index contributed by atoms with van der Waals surface area (Å²) in [6.45, 7) is 7.03. The molecule has 26 heavy (non-hydrogen) atoms. The van der Waals surface area contributed by atoms with Gasteiger partial charge in [0.25, 0.3) is 0 Å². The highest BCUT2D eigenvalue weighted by molar-refractivity contribution is 14.2. The second kappa shape index (κ2) is 8.20. The van der Waals surface area contributed by atoms with Gasteiger partial charge in [-0.25, -0.2) is 14.8 Å². The third-order valence-electron chi connectivity index (χ3n) is 4.19. The van der Waals surface area contributed by atoms with Gasteiger partial charge in [0.1, 0.15) is 17.7 Å². The van der Waals surface area contributed by atoms with E-state index in [1.807, 2.05) is 37.0 Å². The zero-order valence-electron chi connectivity index (χ0n) is 15.2. The van der Waals surface area contributed by atoms with Crippen LogP contribution in [0.2, 0.25) is 0 Å². The maximum atomic E-state index is 12.5. The quantitative estimate of drug-likeness (QED) is 0.642. The van der Waals surface area contributed by atoms with Crippen LogP contribution in [0.25, 0.3) is 11.0 Å². The van der Waals surface area contributed by atoms with E-state index in [9.17, 15) is 4.79 Å². The zero-order valence-corrected chi connectivity index (χ0v) is 18.2. The fourth-order valence-electron chi connectivity index (χ4n) is 3.04. The van der Waals surface area contributed by atoms with Crippen LogP contribution in [0, 0.1) is 0 Å². The van der Waals surface area contributed by atoms with Crippen LogP contribution in [0.4, 0.5) is 10.6 Å². The second-order valence-electron chi connectivity index (χ2n) is 7.43. The summed E-state index contributed by atoms with van der Waals surface area (Å²) >= 11 is 2.23. The molecule has 0 radical (unpaired) electrons. The molecule has 0 bridgehead atoms. The summed E-state index contributed by atoms with van der Waals surface area (Å²) in [7, 11) is 1.57. The van der Waals surface area contributed by atoms with Crippen molar-refractivity contribution in [3.05, 3.63) is 18.6 Å². The van der Waals surface area contributed by atoms with Gasteiger partial charge in [-0.15, -0.1) is 0 Å². The summed E-state index contributed by atoms with van der Waals surface area (Å²) in [4.78, 5) is 23.1. The predicted molar refractivity (Wildman–Crippen MR) is 114 cm³/mol. The summed E-state index contributed by atoms with van der Waals surface area (Å²) in [5.41, 5.74) is 0.407. The van der Waals surface area contributed by atoms with Crippen molar-refractivity contribution >= 4 is 53.3 Å². The van der Waals surface area contributed by atoms with E-state index in [-0.39, 0.29) is 12.1 Å². The summed E-state index contributed by atoms with van der Waals surface area (Å²) < 4.78 is 7.55. The van der Waals surface area contributed by atoms with Crippen molar-refractivity contribution < 1.29 is 9.53 Å². The van der Waals surface area contributed by atoms with Gasteiger partial charge in [0, 0.05) is 55.7 Å². The molecule has 1 unspecified atom stereocenters. The highest BCUT2D eigenvalue weighted by atomic mass is 127. The molecule has 142 valence electrons. The van der Waals surface area contributed by atoms with Crippen LogP contribution in [0.15, 0.2) is 18.6 Å². The molecule has 0 saturated carbocycles. The number of anilines is 1. The lowest BCUT2D eigenvalue weighted by atomic mass is 10.1. The Morgan fingerprint density at radius 3 is 2.92 bits per heavy atom. The molecule has 1 N–H and O–H groups in total. The molecule has 2 aromatic rings. The van der Waals surface area contributed by atoms with Crippen LogP contribution >= 0.6 is 30.3 Å². The molecule has 0 aliphatic carbocycles. The number of aromatic nitrogens is 3. The predicted octanol–water partition coefficient (Wildman–Crippen LogP) is 4.48. The first-order chi connectivity index (χ1) is 12.4. The van der Waals surface area contributed by atoms with E-state index in [0.29, 0.717) is 6.54 Å². The standard InChI is InChI=1S/C17H24IN5O2S/c1-17(2,3)25-16(24)22-8-5-4-6-12(10-22)21-14-13-7-9-23(26-18)15(13)20-11-19-14/h7,9,11-12H,4-6,8,10H2,1-3H3,(H,19,20,21). The van der Waals surface area contributed by atoms with Gasteiger partial charge in [-0.1, -0.05) is 0 Å². The van der Waals surface area contributed by atoms with Crippen molar-refractivity contribution in [2.75, 3.05) is 18.4 Å². The van der Waals surface area contributed by atoms with Gasteiger partial charge in [0.2, 0.25) is 0 Å². The largest absolute Gasteiger partial charge is 0.444 e. The number of halogens is 1. The van der Waals surface area contributed by atoms with Crippen molar-refractivity contribution in [3.8, 4) is 0 Å². The fraction of sp³-hybridized carbons (Fsp3) is 0.588. The van der Waals surface area contributed by atoms with E-state index in [4.69, 9.17) is 4.74 Å². The van der Waals surface area contributed by atoms with E-state index in [0.717, 1.165) is 42.7 Å². The SMILES string of the molecule is CC(C)(C)OC(=O)N1CCCCC(Nc2ncnc3c2ccn3SI)C1. The highest BCUT2D eigenvalue weighted by Gasteiger charge is 2.27. The van der Waals surface area contributed by atoms with Crippen molar-refractivity contribution in [2.24, 2.45) is 0 Å². The molecule has 0 aromatic carbocycles. The number of hydrogen-bond donors (Lipinski definition) is 1. The minimum absolute atomic E-state index is 0.138. The molecule has 1 atom stereocenters. The molecule has 2 aromatic heterocycles. The number of carbonyl (C=O) groups is 1. The number of nitrogens with zero attached hydrogens (tertiary/aromatic N) is 4. The van der Waals surface area contributed by atoms with Gasteiger partial charge in [-0.2, -0.15) is 0 Å². The summed E-state index contributed by atoms with van der Waals surface area (Å²) in [6.07, 6.45) is 6.37. The van der Waals surface area contributed by atoms with Crippen molar-refractivity contribution in [3.63, 3.8) is 0 Å². The first kappa shape index (κ1) is 19.5. The summed E-state index contributed by atoms with van der Waals surface area (Å²) in [5, 5.41) is 4.51. The lowest BCUT2D eigenvalue weighted by molar-refractivity contribution is 0.0252. The molecule has 3 heterocycles. The van der Waals surface area contributed by atoms with Crippen LogP contribution in [-0.2, 0) is 4.74 Å². The Bertz CT molecular complexity index is 776. The molecule has 1 aliphatic rings. The van der Waals surface area contributed by atoms with Gasteiger partial charge >= 0.3 is 6.09 Å². The fourth-order valence-corrected chi connectivity index (χ4v) is 4.32. The lowest BCUT2D eigenvalue weighted by Crippen LogP contribution is -2.42. The topological polar surface area (TPSA) is 72.3 Å². The number of carbonyl (C=O) groups excluding carboxylic acids is 1. The molecular formula is C17H24IN5O2S. The van der Waals surface area contributed by atoms with E-state index in [1.165, 1.54) is 0 Å². The minimum atomic E-state index is -0.481. The third kappa shape index (κ3) is 4.73. The molecule has 1 amide bonds. The Balaban J connectivity index is 1.75. The molecule has 3 rings (SSSR count). The molecule has 9 heteroatoms. The first-order valence-corrected chi connectivity index (χ1v) is 12.0. The Kier molecular flexibility index (Phi) is 6.16. The van der Waals surface area contributed by atoms with E-state index >= 15 is 0 Å². The Morgan fingerprint density at radius 1 is 1.38 bits per heavy atom. The number of ether oxygens (including phenoxy) is 1. The number of amides is 1. The van der Waals surface area contributed by atoms with Crippen LogP contribution in [0.1, 0.15) is 40.0 Å². The summed E-state index contributed by atoms with van der Waals surface area (Å²) in [6, 6.07) is 2.16. The van der Waals surface area contributed by atoms with Gasteiger partial charge in [0.15, 0.2) is 5.65 Å². The van der Waals surface area contributed by atoms with Crippen LogP contribution in [0.5, 0.6) is 0 Å². The maximum absolute atomic E-state index is 12.5. The van der Waals surface area contributed by atoms with Crippen LogP contribution < -0.4 is 5.32 Å². The minimum Gasteiger partial charge on any atom is -0.444 e. The Morgan fingerprint density at radius 2 is 2.19 bits per heavy atom. The third-order valence-corrected chi connectivity index (χ3v) is 5.90. The van der Waals surface area contributed by atoms with Gasteiger partial charge in [-0.05, 0) is 46.1 Å². The lowest BCUT2D eigenvalue weighted by Gasteiger charge is -2.28. The Labute approximate surface area is 170 Å². The number of rotatable bonds is 3. The smallest absolute Gasteiger partial charge is 0.410 e. The van der Waals surface area contributed by atoms with Crippen LogP contribution in [-0.4, -0.2) is 49.7 Å². The van der Waals surface area contributed by atoms with E-state index in [2.05, 4.69) is 36.5 Å². The molecule has 1 fully saturated rings. The van der Waals surface area contributed by atoms with Crippen molar-refractivity contribution in [2.45, 2.75) is 51.7 Å². The highest BCUT2D eigenvalue weighted by Crippen LogP contribution is 2.27. The van der Waals surface area contributed by atoms with Gasteiger partial charge in [-0.3, -0.25) is 3.97 Å². The van der Waals surface area contributed by atoms with Crippen molar-refractivity contribution in [1.29, 1.82) is 0 Å². The molecule has 1 saturated heterocycles. The zero-order chi connectivity index (χ0) is 18.7. The normalized spacial score (nSPS) is 18.6. The Hall–Kier alpha value is -1.23. The van der Waals surface area contributed by atoms with E-state index in [1.54, 1.807) is 20.3 Å². The number of nitrogens with one attached hydrogen (secondary N) is 1. The van der Waals surface area contributed by atoms with Gasteiger partial charge in [0.05, 0.1) is 5.39 Å². The average Bonchev–Trinajstić information content (AvgIpc) is 2.85. The number of fused-ring (bicyclic) bond motifs is 1. The number of likely N-dealkylation sites (tertiary alicyclic amines) is 1. The molecule has 0 spiro atoms. The van der Waals surface area contributed by atoms with Crippen molar-refractivity contribution in [1.82, 2.24) is 18.8 Å². The molecular weight excluding hydrogens is 465 g/mol. The van der Waals surface area contributed by atoms with Gasteiger partial charge < -0.3 is 15.0 Å². The molecule has 7 nitrogen and oxygen atoms in total. The number of hydrogen-bond acceptors (Lipinski definition) is 6.